The predicted molar refractivity (Wildman–Crippen MR) is 139 cm³/mol. The largest absolute Gasteiger partial charge is 0.472 e. The summed E-state index contributed by atoms with van der Waals surface area (Å²) >= 11 is 0. The molecule has 3 rings (SSSR count). The van der Waals surface area contributed by atoms with Crippen LogP contribution in [0.25, 0.3) is 11.1 Å². The zero-order valence-corrected chi connectivity index (χ0v) is 22.2. The highest BCUT2D eigenvalue weighted by Gasteiger charge is 2.23. The number of H-pyrrole nitrogens is 1. The van der Waals surface area contributed by atoms with Crippen LogP contribution < -0.4 is 10.5 Å². The molecule has 0 unspecified atom stereocenters. The highest BCUT2D eigenvalue weighted by atomic mass is 35.5. The maximum Gasteiger partial charge on any atom is 0.356 e. The third kappa shape index (κ3) is 6.95. The molecule has 0 aliphatic carbocycles. The van der Waals surface area contributed by atoms with Gasteiger partial charge in [0.2, 0.25) is 5.88 Å². The molecule has 0 atom stereocenters. The molecule has 0 saturated heterocycles. The van der Waals surface area contributed by atoms with Gasteiger partial charge < -0.3 is 15.2 Å². The van der Waals surface area contributed by atoms with Crippen molar-refractivity contribution in [3.63, 3.8) is 0 Å². The minimum absolute atomic E-state index is 0. The monoisotopic (exact) mass is 508 g/mol. The molecule has 2 heterocycles. The van der Waals surface area contributed by atoms with E-state index >= 15 is 0 Å². The minimum atomic E-state index is -0.498. The number of halogens is 2. The summed E-state index contributed by atoms with van der Waals surface area (Å²) in [7, 11) is 1.32. The van der Waals surface area contributed by atoms with Crippen molar-refractivity contribution < 1.29 is 14.3 Å². The number of nitrogens with one attached hydrogen (secondary N) is 1. The molecule has 0 bridgehead atoms. The second-order valence-corrected chi connectivity index (χ2v) is 9.18. The van der Waals surface area contributed by atoms with Gasteiger partial charge in [0.05, 0.1) is 7.11 Å². The second kappa shape index (κ2) is 12.2. The minimum Gasteiger partial charge on any atom is -0.472 e. The summed E-state index contributed by atoms with van der Waals surface area (Å²) in [5.41, 5.74) is 13.8. The topological polar surface area (TPSA) is 103 Å². The molecule has 0 aliphatic heterocycles. The van der Waals surface area contributed by atoms with E-state index in [1.54, 1.807) is 0 Å². The number of aryl methyl sites for hydroxylation is 2. The zero-order valence-electron chi connectivity index (χ0n) is 20.5. The molecule has 9 heteroatoms. The first kappa shape index (κ1) is 29.4. The normalized spacial score (nSPS) is 10.8. The fourth-order valence-corrected chi connectivity index (χ4v) is 3.70. The van der Waals surface area contributed by atoms with Gasteiger partial charge in [-0.25, -0.2) is 4.79 Å². The van der Waals surface area contributed by atoms with Gasteiger partial charge in [0, 0.05) is 29.6 Å². The highest BCUT2D eigenvalue weighted by molar-refractivity contribution is 5.87. The van der Waals surface area contributed by atoms with E-state index in [0.717, 1.165) is 40.1 Å². The average molecular weight is 509 g/mol. The number of carbonyl (C=O) groups excluding carboxylic acids is 1. The molecular formula is C25H34Cl2N4O3. The van der Waals surface area contributed by atoms with Crippen molar-refractivity contribution in [3.05, 3.63) is 64.1 Å². The predicted octanol–water partition coefficient (Wildman–Crippen LogP) is 5.35. The lowest BCUT2D eigenvalue weighted by atomic mass is 9.85. The number of hydrogen-bond donors (Lipinski definition) is 2. The van der Waals surface area contributed by atoms with Gasteiger partial charge >= 0.3 is 5.97 Å². The summed E-state index contributed by atoms with van der Waals surface area (Å²) in [5.74, 6) is -0.185. The summed E-state index contributed by atoms with van der Waals surface area (Å²) in [6.45, 7) is 11.3. The summed E-state index contributed by atoms with van der Waals surface area (Å²) < 4.78 is 10.7. The van der Waals surface area contributed by atoms with Crippen LogP contribution >= 0.6 is 24.8 Å². The van der Waals surface area contributed by atoms with Gasteiger partial charge in [0.1, 0.15) is 12.3 Å². The van der Waals surface area contributed by atoms with Crippen molar-refractivity contribution in [2.45, 2.75) is 54.2 Å². The van der Waals surface area contributed by atoms with Crippen LogP contribution in [0.4, 0.5) is 0 Å². The van der Waals surface area contributed by atoms with Crippen LogP contribution in [0.1, 0.15) is 59.3 Å². The van der Waals surface area contributed by atoms with Gasteiger partial charge in [0.15, 0.2) is 0 Å². The number of benzene rings is 1. The van der Waals surface area contributed by atoms with Crippen LogP contribution in [0.3, 0.4) is 0 Å². The number of ether oxygens (including phenoxy) is 2. The van der Waals surface area contributed by atoms with Gasteiger partial charge in [0.25, 0.3) is 0 Å². The molecule has 0 amide bonds. The Morgan fingerprint density at radius 2 is 1.74 bits per heavy atom. The molecule has 2 aromatic heterocycles. The van der Waals surface area contributed by atoms with Crippen LogP contribution in [-0.2, 0) is 24.3 Å². The smallest absolute Gasteiger partial charge is 0.356 e. The highest BCUT2D eigenvalue weighted by Crippen LogP contribution is 2.34. The second-order valence-electron chi connectivity index (χ2n) is 9.18. The van der Waals surface area contributed by atoms with Gasteiger partial charge in [-0.15, -0.1) is 29.9 Å². The van der Waals surface area contributed by atoms with Crippen LogP contribution in [0, 0.1) is 19.3 Å². The van der Waals surface area contributed by atoms with Gasteiger partial charge in [-0.1, -0.05) is 50.6 Å². The summed E-state index contributed by atoms with van der Waals surface area (Å²) in [4.78, 5) is 16.6. The Labute approximate surface area is 213 Å². The van der Waals surface area contributed by atoms with E-state index in [4.69, 9.17) is 20.2 Å². The number of rotatable bonds is 7. The molecule has 7 nitrogen and oxygen atoms in total. The molecular weight excluding hydrogens is 475 g/mol. The lowest BCUT2D eigenvalue weighted by molar-refractivity contribution is 0.0594. The quantitative estimate of drug-likeness (QED) is 0.417. The maximum absolute atomic E-state index is 11.7. The lowest BCUT2D eigenvalue weighted by Gasteiger charge is -2.24. The van der Waals surface area contributed by atoms with Gasteiger partial charge in [-0.2, -0.15) is 0 Å². The van der Waals surface area contributed by atoms with Crippen molar-refractivity contribution >= 4 is 30.8 Å². The first-order valence-corrected chi connectivity index (χ1v) is 10.7. The molecule has 3 N–H and O–H groups in total. The van der Waals surface area contributed by atoms with Crippen molar-refractivity contribution in [3.8, 4) is 17.0 Å². The van der Waals surface area contributed by atoms with E-state index in [1.165, 1.54) is 18.7 Å². The summed E-state index contributed by atoms with van der Waals surface area (Å²) in [5, 5.41) is 6.69. The Bertz CT molecular complexity index is 1110. The van der Waals surface area contributed by atoms with Gasteiger partial charge in [-0.3, -0.25) is 10.1 Å². The molecule has 186 valence electrons. The van der Waals surface area contributed by atoms with E-state index in [-0.39, 0.29) is 42.5 Å². The number of carbonyl (C=O) groups is 1. The molecule has 0 spiro atoms. The number of aromatic nitrogens is 3. The zero-order chi connectivity index (χ0) is 23.5. The van der Waals surface area contributed by atoms with Crippen molar-refractivity contribution in [1.29, 1.82) is 0 Å². The third-order valence-electron chi connectivity index (χ3n) is 5.26. The van der Waals surface area contributed by atoms with Crippen molar-refractivity contribution in [2.24, 2.45) is 11.1 Å². The number of methoxy groups -OCH3 is 1. The molecule has 3 aromatic rings. The number of hydrogen-bond acceptors (Lipinski definition) is 6. The van der Waals surface area contributed by atoms with E-state index in [0.29, 0.717) is 12.4 Å². The number of nitrogens with zero attached hydrogens (tertiary/aromatic N) is 2. The number of pyridine rings is 1. The Kier molecular flexibility index (Phi) is 10.6. The van der Waals surface area contributed by atoms with Crippen LogP contribution in [-0.4, -0.2) is 28.3 Å². The third-order valence-corrected chi connectivity index (χ3v) is 5.26. The molecule has 0 aliphatic rings. The first-order valence-electron chi connectivity index (χ1n) is 10.7. The molecule has 0 saturated carbocycles. The fourth-order valence-electron chi connectivity index (χ4n) is 3.70. The van der Waals surface area contributed by atoms with E-state index in [9.17, 15) is 4.79 Å². The Morgan fingerprint density at radius 1 is 1.09 bits per heavy atom. The van der Waals surface area contributed by atoms with E-state index in [2.05, 4.69) is 62.2 Å². The SMILES string of the molecule is COC(=O)c1cc(OCc2c(C)nc(CC(C)(C)C)c(CN)c2-c2ccc(C)cc2)n[nH]1.Cl.Cl. The fraction of sp³-hybridized carbons (Fsp3) is 0.400. The standard InChI is InChI=1S/C25H32N4O3.2ClH/c1-15-7-9-17(10-8-15)23-18(13-26)21(12-25(3,4)5)27-16(2)19(23)14-32-22-11-20(28-29-22)24(30)31-6;;/h7-11H,12-14,26H2,1-6H3,(H,28,29);2*1H. The van der Waals surface area contributed by atoms with Crippen LogP contribution in [0.15, 0.2) is 30.3 Å². The first-order chi connectivity index (χ1) is 15.1. The maximum atomic E-state index is 11.7. The Morgan fingerprint density at radius 3 is 2.29 bits per heavy atom. The van der Waals surface area contributed by atoms with Gasteiger partial charge in [-0.05, 0) is 42.4 Å². The van der Waals surface area contributed by atoms with Crippen LogP contribution in [0.2, 0.25) is 0 Å². The lowest BCUT2D eigenvalue weighted by Crippen LogP contribution is -2.18. The number of aromatic amines is 1. The van der Waals surface area contributed by atoms with E-state index < -0.39 is 5.97 Å². The molecule has 0 radical (unpaired) electrons. The number of nitrogens with two attached hydrogens (primary N) is 1. The Hall–Kier alpha value is -2.61. The number of esters is 1. The van der Waals surface area contributed by atoms with Crippen molar-refractivity contribution in [1.82, 2.24) is 15.2 Å². The summed E-state index contributed by atoms with van der Waals surface area (Å²) in [6, 6.07) is 9.93. The molecule has 1 aromatic carbocycles. The Balaban J connectivity index is 0.00000289. The van der Waals surface area contributed by atoms with Crippen molar-refractivity contribution in [2.75, 3.05) is 7.11 Å². The molecule has 34 heavy (non-hydrogen) atoms. The molecule has 0 fully saturated rings. The average Bonchev–Trinajstić information content (AvgIpc) is 3.20. The van der Waals surface area contributed by atoms with E-state index in [1.807, 2.05) is 6.92 Å². The summed E-state index contributed by atoms with van der Waals surface area (Å²) in [6.07, 6.45) is 0.822. The van der Waals surface area contributed by atoms with Crippen LogP contribution in [0.5, 0.6) is 5.88 Å².